The molecule has 4 rings (SSSR count). The van der Waals surface area contributed by atoms with Gasteiger partial charge in [-0.1, -0.05) is 48.7 Å². The van der Waals surface area contributed by atoms with Crippen molar-refractivity contribution in [3.05, 3.63) is 73.5 Å². The van der Waals surface area contributed by atoms with Crippen molar-refractivity contribution in [3.8, 4) is 0 Å². The minimum Gasteiger partial charge on any atom is -0.339 e. The predicted molar refractivity (Wildman–Crippen MR) is 128 cm³/mol. The minimum atomic E-state index is -4.39. The summed E-state index contributed by atoms with van der Waals surface area (Å²) < 4.78 is 46.1. The first kappa shape index (κ1) is 25.9. The van der Waals surface area contributed by atoms with Crippen molar-refractivity contribution in [1.82, 2.24) is 19.3 Å². The second-order valence-corrected chi connectivity index (χ2v) is 9.08. The Hall–Kier alpha value is -3.21. The van der Waals surface area contributed by atoms with E-state index in [-0.39, 0.29) is 24.6 Å². The first-order chi connectivity index (χ1) is 17.2. The highest BCUT2D eigenvalue weighted by molar-refractivity contribution is 6.66. The van der Waals surface area contributed by atoms with Gasteiger partial charge in [-0.3, -0.25) is 13.9 Å². The highest BCUT2D eigenvalue weighted by Gasteiger charge is 2.30. The van der Waals surface area contributed by atoms with E-state index in [4.69, 9.17) is 16.1 Å². The number of aromatic nitrogens is 4. The lowest BCUT2D eigenvalue weighted by atomic mass is 10.1. The van der Waals surface area contributed by atoms with Gasteiger partial charge in [0.05, 0.1) is 11.1 Å². The molecule has 192 valence electrons. The van der Waals surface area contributed by atoms with Gasteiger partial charge in [0, 0.05) is 32.4 Å². The van der Waals surface area contributed by atoms with Crippen LogP contribution in [0.4, 0.5) is 19.0 Å². The summed E-state index contributed by atoms with van der Waals surface area (Å²) >= 11 is 6.07. The predicted octanol–water partition coefficient (Wildman–Crippen LogP) is 4.65. The zero-order valence-corrected chi connectivity index (χ0v) is 20.4. The fraction of sp³-hybridized carbons (Fsp3) is 0.458. The van der Waals surface area contributed by atoms with Crippen LogP contribution in [0.15, 0.2) is 43.4 Å². The molecule has 0 radical (unpaired) electrons. The number of benzene rings is 1. The monoisotopic (exact) mass is 523 g/mol. The number of nitrogens with zero attached hydrogens (tertiary/aromatic N) is 5. The van der Waals surface area contributed by atoms with Crippen LogP contribution in [0.25, 0.3) is 0 Å². The van der Waals surface area contributed by atoms with Crippen LogP contribution in [-0.4, -0.2) is 24.4 Å². The van der Waals surface area contributed by atoms with Gasteiger partial charge in [0.15, 0.2) is 5.82 Å². The van der Waals surface area contributed by atoms with E-state index in [1.165, 1.54) is 21.3 Å². The van der Waals surface area contributed by atoms with Gasteiger partial charge in [-0.2, -0.15) is 18.2 Å². The van der Waals surface area contributed by atoms with Crippen LogP contribution < -0.4 is 11.2 Å². The van der Waals surface area contributed by atoms with Crippen molar-refractivity contribution in [2.24, 2.45) is 4.99 Å². The van der Waals surface area contributed by atoms with Gasteiger partial charge in [0.1, 0.15) is 11.0 Å². The first-order valence-electron chi connectivity index (χ1n) is 11.7. The quantitative estimate of drug-likeness (QED) is 0.360. The van der Waals surface area contributed by atoms with Gasteiger partial charge in [0.25, 0.3) is 5.56 Å². The van der Waals surface area contributed by atoms with E-state index in [0.29, 0.717) is 48.0 Å². The van der Waals surface area contributed by atoms with Crippen LogP contribution in [0.2, 0.25) is 0 Å². The summed E-state index contributed by atoms with van der Waals surface area (Å²) in [5, 5.41) is 4.17. The van der Waals surface area contributed by atoms with Crippen LogP contribution in [0.5, 0.6) is 0 Å². The molecule has 36 heavy (non-hydrogen) atoms. The Balaban J connectivity index is 1.42. The molecule has 8 nitrogen and oxygen atoms in total. The van der Waals surface area contributed by atoms with Crippen LogP contribution in [0.3, 0.4) is 0 Å². The molecule has 1 aromatic carbocycles. The third-order valence-corrected chi connectivity index (χ3v) is 6.17. The number of hydrogen-bond donors (Lipinski definition) is 0. The number of aryl methyl sites for hydroxylation is 1. The van der Waals surface area contributed by atoms with Crippen molar-refractivity contribution < 1.29 is 17.7 Å². The standard InChI is InChI=1S/C24H25ClF3N5O3/c1-2-3-4-11-32-21-17(14-18(25)29-21)22(34)33(23(32)35)12-5-6-20-30-19(31-36-20)13-15-7-9-16(10-8-15)24(26,27)28/h7-10H,2-6,11-14H2,1H3. The third kappa shape index (κ3) is 5.77. The Kier molecular flexibility index (Phi) is 7.77. The maximum absolute atomic E-state index is 13.1. The number of alkyl halides is 3. The molecule has 12 heteroatoms. The van der Waals surface area contributed by atoms with Crippen molar-refractivity contribution in [2.75, 3.05) is 0 Å². The molecule has 0 unspecified atom stereocenters. The second-order valence-electron chi connectivity index (χ2n) is 8.64. The van der Waals surface area contributed by atoms with Gasteiger partial charge < -0.3 is 4.52 Å². The van der Waals surface area contributed by atoms with Crippen molar-refractivity contribution in [1.29, 1.82) is 0 Å². The Morgan fingerprint density at radius 3 is 2.47 bits per heavy atom. The molecule has 1 aliphatic rings. The van der Waals surface area contributed by atoms with Crippen LogP contribution in [0, 0.1) is 0 Å². The lowest BCUT2D eigenvalue weighted by Gasteiger charge is -2.13. The Morgan fingerprint density at radius 1 is 1.06 bits per heavy atom. The summed E-state index contributed by atoms with van der Waals surface area (Å²) in [6.07, 6.45) is -0.505. The molecule has 0 aliphatic carbocycles. The van der Waals surface area contributed by atoms with Crippen LogP contribution >= 0.6 is 11.6 Å². The summed E-state index contributed by atoms with van der Waals surface area (Å²) in [6.45, 7) is 2.68. The van der Waals surface area contributed by atoms with E-state index in [1.807, 2.05) is 0 Å². The first-order valence-corrected chi connectivity index (χ1v) is 12.1. The number of hydrogen-bond acceptors (Lipinski definition) is 6. The van der Waals surface area contributed by atoms with E-state index >= 15 is 0 Å². The number of fused-ring (bicyclic) bond motifs is 1. The zero-order chi connectivity index (χ0) is 25.9. The number of rotatable bonds is 10. The summed E-state index contributed by atoms with van der Waals surface area (Å²) in [6, 6.07) is 4.77. The highest BCUT2D eigenvalue weighted by atomic mass is 35.5. The number of unbranched alkanes of at least 4 members (excludes halogenated alkanes) is 2. The maximum atomic E-state index is 13.1. The van der Waals surface area contributed by atoms with Crippen molar-refractivity contribution in [2.45, 2.75) is 71.1 Å². The van der Waals surface area contributed by atoms with Crippen LogP contribution in [0.1, 0.15) is 61.0 Å². The molecular formula is C24H25ClF3N5O3. The topological polar surface area (TPSA) is 95.3 Å². The molecule has 1 aliphatic heterocycles. The minimum absolute atomic E-state index is 0.160. The normalized spacial score (nSPS) is 13.2. The fourth-order valence-corrected chi connectivity index (χ4v) is 4.31. The molecule has 0 bridgehead atoms. The molecule has 3 aromatic rings. The fourth-order valence-electron chi connectivity index (χ4n) is 4.09. The molecule has 0 amide bonds. The van der Waals surface area contributed by atoms with E-state index in [9.17, 15) is 22.8 Å². The molecule has 3 heterocycles. The Labute approximate surface area is 209 Å². The molecule has 0 fully saturated rings. The summed E-state index contributed by atoms with van der Waals surface area (Å²) in [5.74, 6) is 1.01. The smallest absolute Gasteiger partial charge is 0.339 e. The number of halogens is 4. The Bertz CT molecular complexity index is 1370. The summed E-state index contributed by atoms with van der Waals surface area (Å²) in [7, 11) is 0. The average Bonchev–Trinajstić information content (AvgIpc) is 3.44. The molecule has 0 spiro atoms. The van der Waals surface area contributed by atoms with Gasteiger partial charge in [-0.25, -0.2) is 9.79 Å². The molecule has 0 saturated carbocycles. The maximum Gasteiger partial charge on any atom is 0.416 e. The van der Waals surface area contributed by atoms with Crippen molar-refractivity contribution >= 4 is 22.6 Å². The summed E-state index contributed by atoms with van der Waals surface area (Å²) in [5.41, 5.74) is -0.495. The largest absolute Gasteiger partial charge is 0.416 e. The van der Waals surface area contributed by atoms with E-state index in [0.717, 1.165) is 31.4 Å². The van der Waals surface area contributed by atoms with Gasteiger partial charge >= 0.3 is 11.9 Å². The van der Waals surface area contributed by atoms with E-state index in [1.54, 1.807) is 0 Å². The molecule has 0 saturated heterocycles. The lowest BCUT2D eigenvalue weighted by Crippen LogP contribution is -2.41. The molecule has 2 aromatic heterocycles. The van der Waals surface area contributed by atoms with Gasteiger partial charge in [-0.05, 0) is 30.5 Å². The van der Waals surface area contributed by atoms with Crippen LogP contribution in [-0.2, 0) is 38.5 Å². The van der Waals surface area contributed by atoms with Gasteiger partial charge in [0.2, 0.25) is 5.89 Å². The van der Waals surface area contributed by atoms with E-state index < -0.39 is 23.0 Å². The molecule has 0 atom stereocenters. The average molecular weight is 524 g/mol. The van der Waals surface area contributed by atoms with Gasteiger partial charge in [-0.15, -0.1) is 0 Å². The second kappa shape index (κ2) is 10.8. The van der Waals surface area contributed by atoms with E-state index in [2.05, 4.69) is 22.1 Å². The zero-order valence-electron chi connectivity index (χ0n) is 19.6. The Morgan fingerprint density at radius 2 is 1.78 bits per heavy atom. The molecule has 0 N–H and O–H groups in total. The third-order valence-electron chi connectivity index (χ3n) is 5.95. The number of aliphatic imine (C=N–C) groups is 1. The molecular weight excluding hydrogens is 499 g/mol. The highest BCUT2D eigenvalue weighted by Crippen LogP contribution is 2.29. The summed E-state index contributed by atoms with van der Waals surface area (Å²) in [4.78, 5) is 34.5. The SMILES string of the molecule is CCCCCn1c2c(c(=O)n(CCCc3nc(Cc4ccc(C(F)(F)F)cc4)no3)c1=O)CC(Cl)=N2. The lowest BCUT2D eigenvalue weighted by molar-refractivity contribution is -0.137. The van der Waals surface area contributed by atoms with Crippen molar-refractivity contribution in [3.63, 3.8) is 0 Å².